The Morgan fingerprint density at radius 3 is 2.54 bits per heavy atom. The quantitative estimate of drug-likeness (QED) is 0.785. The molecule has 0 radical (unpaired) electrons. The molecule has 1 fully saturated rings. The van der Waals surface area contributed by atoms with Gasteiger partial charge in [0, 0.05) is 28.4 Å². The van der Waals surface area contributed by atoms with Gasteiger partial charge in [0.15, 0.2) is 5.82 Å². The minimum absolute atomic E-state index is 0.104. The summed E-state index contributed by atoms with van der Waals surface area (Å²) in [7, 11) is 0. The van der Waals surface area contributed by atoms with E-state index in [2.05, 4.69) is 15.3 Å². The van der Waals surface area contributed by atoms with Crippen molar-refractivity contribution in [1.82, 2.24) is 9.97 Å². The Kier molecular flexibility index (Phi) is 4.59. The van der Waals surface area contributed by atoms with E-state index in [4.69, 9.17) is 0 Å². The van der Waals surface area contributed by atoms with Crippen molar-refractivity contribution in [2.45, 2.75) is 51.4 Å². The first kappa shape index (κ1) is 17.7. The van der Waals surface area contributed by atoms with Crippen LogP contribution in [-0.2, 0) is 22.4 Å². The van der Waals surface area contributed by atoms with Gasteiger partial charge in [-0.05, 0) is 74.8 Å². The number of nitrogens with one attached hydrogen (secondary N) is 1. The third kappa shape index (κ3) is 2.91. The van der Waals surface area contributed by atoms with Crippen molar-refractivity contribution in [2.75, 3.05) is 5.32 Å². The number of carbonyl (C=O) groups is 2. The van der Waals surface area contributed by atoms with Crippen LogP contribution in [-0.4, -0.2) is 22.2 Å². The Hall–Kier alpha value is -2.34. The summed E-state index contributed by atoms with van der Waals surface area (Å²) in [5, 5.41) is 4.00. The van der Waals surface area contributed by atoms with E-state index in [1.54, 1.807) is 29.8 Å². The normalized spacial score (nSPS) is 23.4. The standard InChI is InChI=1S/C22H23N3O2S/c26-12-16-13-6-8-14(9-7-13)18(16)21(27)25-22-19(20-23-10-3-11-24-20)15-4-1-2-5-17(15)28-22/h3,10-14H,1-2,4-9H2,(H,25,27). The second-order valence-corrected chi connectivity index (χ2v) is 9.08. The number of aromatic nitrogens is 2. The largest absolute Gasteiger partial charge is 0.313 e. The van der Waals surface area contributed by atoms with Crippen molar-refractivity contribution in [1.29, 1.82) is 0 Å². The number of carbonyl (C=O) groups excluding carboxylic acids is 2. The molecule has 0 aliphatic heterocycles. The Bertz CT molecular complexity index is 956. The molecule has 1 N–H and O–H groups in total. The Morgan fingerprint density at radius 2 is 1.79 bits per heavy atom. The fourth-order valence-electron chi connectivity index (χ4n) is 5.11. The Labute approximate surface area is 168 Å². The monoisotopic (exact) mass is 393 g/mol. The molecule has 1 saturated carbocycles. The highest BCUT2D eigenvalue weighted by atomic mass is 32.1. The number of aryl methyl sites for hydroxylation is 1. The van der Waals surface area contributed by atoms with Gasteiger partial charge >= 0.3 is 0 Å². The SMILES string of the molecule is O=CC1=C(C(=O)Nc2sc3c(c2-c2ncccn2)CCCC3)C2CCC1CC2. The first-order valence-corrected chi connectivity index (χ1v) is 11.0. The molecule has 6 heteroatoms. The number of aldehydes is 1. The molecule has 2 heterocycles. The summed E-state index contributed by atoms with van der Waals surface area (Å²) in [4.78, 5) is 35.2. The van der Waals surface area contributed by atoms with Crippen molar-refractivity contribution in [3.8, 4) is 11.4 Å². The molecule has 1 amide bonds. The van der Waals surface area contributed by atoms with Gasteiger partial charge < -0.3 is 5.32 Å². The molecule has 0 atom stereocenters. The van der Waals surface area contributed by atoms with Crippen molar-refractivity contribution < 1.29 is 9.59 Å². The van der Waals surface area contributed by atoms with E-state index in [9.17, 15) is 9.59 Å². The molecule has 2 bridgehead atoms. The Morgan fingerprint density at radius 1 is 1.07 bits per heavy atom. The second-order valence-electron chi connectivity index (χ2n) is 7.98. The van der Waals surface area contributed by atoms with E-state index in [0.717, 1.165) is 72.9 Å². The predicted octanol–water partition coefficient (Wildman–Crippen LogP) is 4.34. The highest BCUT2D eigenvalue weighted by Crippen LogP contribution is 2.46. The van der Waals surface area contributed by atoms with E-state index in [1.165, 1.54) is 16.9 Å². The molecule has 0 aromatic carbocycles. The number of hydrogen-bond donors (Lipinski definition) is 1. The van der Waals surface area contributed by atoms with E-state index in [0.29, 0.717) is 5.82 Å². The number of thiophene rings is 1. The number of fused-ring (bicyclic) bond motifs is 3. The first-order chi connectivity index (χ1) is 13.8. The van der Waals surface area contributed by atoms with Crippen LogP contribution in [0.3, 0.4) is 0 Å². The average Bonchev–Trinajstić information content (AvgIpc) is 3.12. The van der Waals surface area contributed by atoms with Gasteiger partial charge in [-0.2, -0.15) is 0 Å². The lowest BCUT2D eigenvalue weighted by atomic mass is 9.67. The van der Waals surface area contributed by atoms with Crippen molar-refractivity contribution in [2.24, 2.45) is 11.8 Å². The zero-order chi connectivity index (χ0) is 19.1. The number of anilines is 1. The number of amides is 1. The number of rotatable bonds is 4. The van der Waals surface area contributed by atoms with Crippen LogP contribution in [0.1, 0.15) is 49.0 Å². The maximum absolute atomic E-state index is 13.3. The maximum atomic E-state index is 13.3. The lowest BCUT2D eigenvalue weighted by molar-refractivity contribution is -0.114. The first-order valence-electron chi connectivity index (χ1n) is 10.2. The molecule has 5 nitrogen and oxygen atoms in total. The summed E-state index contributed by atoms with van der Waals surface area (Å²) < 4.78 is 0. The molecule has 2 aromatic heterocycles. The van der Waals surface area contributed by atoms with Gasteiger partial charge in [0.25, 0.3) is 5.91 Å². The van der Waals surface area contributed by atoms with Gasteiger partial charge in [-0.25, -0.2) is 9.97 Å². The van der Waals surface area contributed by atoms with E-state index in [1.807, 2.05) is 0 Å². The number of hydrogen-bond acceptors (Lipinski definition) is 5. The molecule has 0 saturated heterocycles. The maximum Gasteiger partial charge on any atom is 0.252 e. The third-order valence-corrected chi connectivity index (χ3v) is 7.65. The average molecular weight is 394 g/mol. The third-order valence-electron chi connectivity index (χ3n) is 6.45. The lowest BCUT2D eigenvalue weighted by Crippen LogP contribution is -2.33. The molecule has 2 aromatic rings. The van der Waals surface area contributed by atoms with Gasteiger partial charge in [0.2, 0.25) is 0 Å². The minimum Gasteiger partial charge on any atom is -0.313 e. The molecule has 144 valence electrons. The molecule has 28 heavy (non-hydrogen) atoms. The molecule has 4 aliphatic rings. The summed E-state index contributed by atoms with van der Waals surface area (Å²) in [6.45, 7) is 0. The predicted molar refractivity (Wildman–Crippen MR) is 109 cm³/mol. The van der Waals surface area contributed by atoms with Gasteiger partial charge in [0.05, 0.1) is 5.56 Å². The number of allylic oxidation sites excluding steroid dienone is 1. The molecular formula is C22H23N3O2S. The van der Waals surface area contributed by atoms with Crippen LogP contribution < -0.4 is 5.32 Å². The van der Waals surface area contributed by atoms with Gasteiger partial charge in [-0.3, -0.25) is 9.59 Å². The minimum atomic E-state index is -0.104. The van der Waals surface area contributed by atoms with Crippen LogP contribution in [0.4, 0.5) is 5.00 Å². The van der Waals surface area contributed by atoms with Crippen molar-refractivity contribution in [3.63, 3.8) is 0 Å². The molecule has 0 unspecified atom stereocenters. The molecule has 6 rings (SSSR count). The zero-order valence-corrected chi connectivity index (χ0v) is 16.6. The van der Waals surface area contributed by atoms with Crippen LogP contribution in [0.25, 0.3) is 11.4 Å². The summed E-state index contributed by atoms with van der Waals surface area (Å²) >= 11 is 1.66. The van der Waals surface area contributed by atoms with Gasteiger partial charge in [-0.15, -0.1) is 11.3 Å². The highest BCUT2D eigenvalue weighted by Gasteiger charge is 2.38. The summed E-state index contributed by atoms with van der Waals surface area (Å²) in [5.41, 5.74) is 3.72. The van der Waals surface area contributed by atoms with E-state index in [-0.39, 0.29) is 17.7 Å². The Balaban J connectivity index is 1.55. The molecule has 4 aliphatic carbocycles. The summed E-state index contributed by atoms with van der Waals surface area (Å²) in [6, 6.07) is 1.81. The lowest BCUT2D eigenvalue weighted by Gasteiger charge is -2.37. The highest BCUT2D eigenvalue weighted by molar-refractivity contribution is 7.17. The van der Waals surface area contributed by atoms with Crippen LogP contribution in [0.15, 0.2) is 29.6 Å². The molecular weight excluding hydrogens is 370 g/mol. The van der Waals surface area contributed by atoms with E-state index < -0.39 is 0 Å². The van der Waals surface area contributed by atoms with Crippen LogP contribution in [0, 0.1) is 11.8 Å². The van der Waals surface area contributed by atoms with Gasteiger partial charge in [0.1, 0.15) is 11.3 Å². The fourth-order valence-corrected chi connectivity index (χ4v) is 6.39. The van der Waals surface area contributed by atoms with E-state index >= 15 is 0 Å². The van der Waals surface area contributed by atoms with Crippen molar-refractivity contribution in [3.05, 3.63) is 40.0 Å². The fraction of sp³-hybridized carbons (Fsp3) is 0.455. The van der Waals surface area contributed by atoms with Crippen LogP contribution >= 0.6 is 11.3 Å². The van der Waals surface area contributed by atoms with Crippen LogP contribution in [0.5, 0.6) is 0 Å². The molecule has 0 spiro atoms. The van der Waals surface area contributed by atoms with Gasteiger partial charge in [-0.1, -0.05) is 0 Å². The topological polar surface area (TPSA) is 72.0 Å². The van der Waals surface area contributed by atoms with Crippen LogP contribution in [0.2, 0.25) is 0 Å². The summed E-state index contributed by atoms with van der Waals surface area (Å²) in [6.07, 6.45) is 12.9. The second kappa shape index (κ2) is 7.24. The summed E-state index contributed by atoms with van der Waals surface area (Å²) in [5.74, 6) is 1.05. The smallest absolute Gasteiger partial charge is 0.252 e. The van der Waals surface area contributed by atoms with Crippen molar-refractivity contribution >= 4 is 28.5 Å². The number of nitrogens with zero attached hydrogens (tertiary/aromatic N) is 2. The zero-order valence-electron chi connectivity index (χ0n) is 15.7.